The van der Waals surface area contributed by atoms with Gasteiger partial charge in [-0.05, 0) is 33.8 Å². The van der Waals surface area contributed by atoms with Crippen LogP contribution in [-0.4, -0.2) is 34.3 Å². The molecule has 0 saturated carbocycles. The standard InChI is InChI=1S/C10H16N4/c1-7-6-10(3,4)11-9-13(5)8(2)12-14(7)9/h6H,1-5H3. The van der Waals surface area contributed by atoms with Gasteiger partial charge in [-0.2, -0.15) is 5.10 Å². The molecule has 14 heavy (non-hydrogen) atoms. The van der Waals surface area contributed by atoms with Gasteiger partial charge in [0.2, 0.25) is 5.96 Å². The predicted octanol–water partition coefficient (Wildman–Crippen LogP) is 1.62. The van der Waals surface area contributed by atoms with Gasteiger partial charge in [-0.1, -0.05) is 0 Å². The second-order valence-corrected chi connectivity index (χ2v) is 4.37. The highest BCUT2D eigenvalue weighted by Crippen LogP contribution is 2.26. The Labute approximate surface area is 84.6 Å². The fourth-order valence-electron chi connectivity index (χ4n) is 1.76. The molecule has 0 aromatic carbocycles. The Bertz CT molecular complexity index is 362. The molecule has 0 amide bonds. The van der Waals surface area contributed by atoms with Crippen LogP contribution < -0.4 is 0 Å². The molecule has 0 atom stereocenters. The van der Waals surface area contributed by atoms with Crippen LogP contribution in [0.1, 0.15) is 27.7 Å². The highest BCUT2D eigenvalue weighted by atomic mass is 15.6. The molecule has 0 fully saturated rings. The van der Waals surface area contributed by atoms with Crippen LogP contribution in [0.2, 0.25) is 0 Å². The largest absolute Gasteiger partial charge is 0.301 e. The molecule has 0 spiro atoms. The molecule has 76 valence electrons. The van der Waals surface area contributed by atoms with Crippen molar-refractivity contribution in [2.75, 3.05) is 7.05 Å². The number of fused-ring (bicyclic) bond motifs is 1. The average molecular weight is 192 g/mol. The molecule has 4 nitrogen and oxygen atoms in total. The monoisotopic (exact) mass is 192 g/mol. The zero-order chi connectivity index (χ0) is 10.5. The fourth-order valence-corrected chi connectivity index (χ4v) is 1.76. The zero-order valence-electron chi connectivity index (χ0n) is 9.37. The third kappa shape index (κ3) is 1.22. The summed E-state index contributed by atoms with van der Waals surface area (Å²) in [5, 5.41) is 6.30. The lowest BCUT2D eigenvalue weighted by molar-refractivity contribution is 0.475. The van der Waals surface area contributed by atoms with Crippen LogP contribution in [0.15, 0.2) is 21.9 Å². The fraction of sp³-hybridized carbons (Fsp3) is 0.600. The summed E-state index contributed by atoms with van der Waals surface area (Å²) in [6.07, 6.45) is 2.13. The van der Waals surface area contributed by atoms with E-state index in [0.29, 0.717) is 0 Å². The van der Waals surface area contributed by atoms with Crippen molar-refractivity contribution >= 4 is 11.8 Å². The molecule has 0 aromatic rings. The van der Waals surface area contributed by atoms with Crippen molar-refractivity contribution in [3.8, 4) is 0 Å². The molecule has 2 aliphatic rings. The molecule has 4 heteroatoms. The van der Waals surface area contributed by atoms with Crippen molar-refractivity contribution in [3.05, 3.63) is 11.8 Å². The normalized spacial score (nSPS) is 24.2. The SMILES string of the molecule is CC1=CC(C)(C)N=C2N(C)C(C)=NN12. The number of hydrogen-bond donors (Lipinski definition) is 0. The van der Waals surface area contributed by atoms with E-state index < -0.39 is 0 Å². The summed E-state index contributed by atoms with van der Waals surface area (Å²) >= 11 is 0. The summed E-state index contributed by atoms with van der Waals surface area (Å²) in [5.41, 5.74) is 1.02. The molecule has 0 radical (unpaired) electrons. The minimum Gasteiger partial charge on any atom is -0.301 e. The van der Waals surface area contributed by atoms with Crippen molar-refractivity contribution in [1.82, 2.24) is 9.91 Å². The molecular formula is C10H16N4. The van der Waals surface area contributed by atoms with Gasteiger partial charge in [0.05, 0.1) is 5.54 Å². The minimum absolute atomic E-state index is 0.121. The summed E-state index contributed by atoms with van der Waals surface area (Å²) in [5.74, 6) is 1.90. The smallest absolute Gasteiger partial charge is 0.228 e. The molecule has 0 aliphatic carbocycles. The molecule has 0 bridgehead atoms. The summed E-state index contributed by atoms with van der Waals surface area (Å²) < 4.78 is 0. The van der Waals surface area contributed by atoms with Gasteiger partial charge in [0.25, 0.3) is 0 Å². The first kappa shape index (κ1) is 9.24. The van der Waals surface area contributed by atoms with E-state index >= 15 is 0 Å². The van der Waals surface area contributed by atoms with Gasteiger partial charge < -0.3 is 4.90 Å². The molecule has 2 rings (SSSR count). The third-order valence-corrected chi connectivity index (χ3v) is 2.50. The average Bonchev–Trinajstić information content (AvgIpc) is 2.30. The van der Waals surface area contributed by atoms with Gasteiger partial charge in [0, 0.05) is 12.7 Å². The number of rotatable bonds is 0. The van der Waals surface area contributed by atoms with Crippen LogP contribution in [0.5, 0.6) is 0 Å². The lowest BCUT2D eigenvalue weighted by atomic mass is 10.0. The van der Waals surface area contributed by atoms with Gasteiger partial charge in [0.15, 0.2) is 0 Å². The quantitative estimate of drug-likeness (QED) is 0.584. The molecule has 2 heterocycles. The van der Waals surface area contributed by atoms with Crippen LogP contribution in [0.4, 0.5) is 0 Å². The number of nitrogens with zero attached hydrogens (tertiary/aromatic N) is 4. The van der Waals surface area contributed by atoms with Crippen molar-refractivity contribution in [2.45, 2.75) is 33.2 Å². The van der Waals surface area contributed by atoms with Crippen molar-refractivity contribution in [1.29, 1.82) is 0 Å². The molecular weight excluding hydrogens is 176 g/mol. The maximum Gasteiger partial charge on any atom is 0.228 e. The van der Waals surface area contributed by atoms with E-state index in [0.717, 1.165) is 17.5 Å². The van der Waals surface area contributed by atoms with Crippen LogP contribution in [-0.2, 0) is 0 Å². The van der Waals surface area contributed by atoms with E-state index in [1.54, 1.807) is 0 Å². The van der Waals surface area contributed by atoms with E-state index in [-0.39, 0.29) is 5.54 Å². The van der Waals surface area contributed by atoms with Crippen LogP contribution in [0.25, 0.3) is 0 Å². The second kappa shape index (κ2) is 2.59. The minimum atomic E-state index is -0.121. The lowest BCUT2D eigenvalue weighted by Gasteiger charge is -2.29. The number of hydrazone groups is 1. The maximum atomic E-state index is 4.64. The first-order chi connectivity index (χ1) is 6.41. The molecule has 0 aromatic heterocycles. The number of aliphatic imine (C=N–C) groups is 1. The lowest BCUT2D eigenvalue weighted by Crippen LogP contribution is -2.39. The topological polar surface area (TPSA) is 31.2 Å². The van der Waals surface area contributed by atoms with E-state index in [9.17, 15) is 0 Å². The van der Waals surface area contributed by atoms with Gasteiger partial charge in [-0.3, -0.25) is 0 Å². The Morgan fingerprint density at radius 1 is 1.29 bits per heavy atom. The van der Waals surface area contributed by atoms with Gasteiger partial charge in [0.1, 0.15) is 5.84 Å². The van der Waals surface area contributed by atoms with Crippen LogP contribution >= 0.6 is 0 Å². The first-order valence-electron chi connectivity index (χ1n) is 4.79. The van der Waals surface area contributed by atoms with Crippen molar-refractivity contribution in [2.24, 2.45) is 10.1 Å². The van der Waals surface area contributed by atoms with Gasteiger partial charge >= 0.3 is 0 Å². The van der Waals surface area contributed by atoms with Gasteiger partial charge in [-0.15, -0.1) is 0 Å². The maximum absolute atomic E-state index is 4.64. The summed E-state index contributed by atoms with van der Waals surface area (Å²) in [7, 11) is 1.99. The summed E-state index contributed by atoms with van der Waals surface area (Å²) in [6, 6.07) is 0. The Kier molecular flexibility index (Phi) is 1.71. The van der Waals surface area contributed by atoms with E-state index in [1.807, 2.05) is 23.9 Å². The summed E-state index contributed by atoms with van der Waals surface area (Å²) in [4.78, 5) is 6.65. The van der Waals surface area contributed by atoms with Crippen LogP contribution in [0, 0.1) is 0 Å². The highest BCUT2D eigenvalue weighted by molar-refractivity contribution is 6.03. The second-order valence-electron chi connectivity index (χ2n) is 4.37. The number of guanidine groups is 1. The Hall–Kier alpha value is -1.32. The molecule has 0 saturated heterocycles. The zero-order valence-corrected chi connectivity index (χ0v) is 9.37. The molecule has 0 N–H and O–H groups in total. The Morgan fingerprint density at radius 3 is 2.57 bits per heavy atom. The summed E-state index contributed by atoms with van der Waals surface area (Å²) in [6.45, 7) is 8.25. The van der Waals surface area contributed by atoms with Gasteiger partial charge in [-0.25, -0.2) is 10.0 Å². The van der Waals surface area contributed by atoms with E-state index in [2.05, 4.69) is 36.9 Å². The first-order valence-corrected chi connectivity index (χ1v) is 4.79. The third-order valence-electron chi connectivity index (χ3n) is 2.50. The van der Waals surface area contributed by atoms with E-state index in [1.165, 1.54) is 0 Å². The highest BCUT2D eigenvalue weighted by Gasteiger charge is 2.32. The van der Waals surface area contributed by atoms with Crippen LogP contribution in [0.3, 0.4) is 0 Å². The Morgan fingerprint density at radius 2 is 1.93 bits per heavy atom. The number of amidine groups is 1. The number of allylic oxidation sites excluding steroid dienone is 1. The molecule has 2 aliphatic heterocycles. The number of hydrogen-bond acceptors (Lipinski definition) is 4. The predicted molar refractivity (Wildman–Crippen MR) is 58.0 cm³/mol. The van der Waals surface area contributed by atoms with Crippen molar-refractivity contribution < 1.29 is 0 Å². The van der Waals surface area contributed by atoms with Crippen molar-refractivity contribution in [3.63, 3.8) is 0 Å². The van der Waals surface area contributed by atoms with E-state index in [4.69, 9.17) is 0 Å². The molecule has 0 unspecified atom stereocenters. The Balaban J connectivity index is 2.45.